The molecule has 0 bridgehead atoms. The van der Waals surface area contributed by atoms with Crippen molar-refractivity contribution < 1.29 is 9.53 Å². The van der Waals surface area contributed by atoms with Crippen LogP contribution in [0.4, 0.5) is 0 Å². The van der Waals surface area contributed by atoms with Crippen molar-refractivity contribution in [2.24, 2.45) is 0 Å². The quantitative estimate of drug-likeness (QED) is 0.480. The van der Waals surface area contributed by atoms with Crippen molar-refractivity contribution in [2.45, 2.75) is 26.0 Å². The molecular weight excluding hydrogens is 407 g/mol. The minimum absolute atomic E-state index is 0.115. The maximum absolute atomic E-state index is 13.2. The van der Waals surface area contributed by atoms with Crippen molar-refractivity contribution in [1.29, 1.82) is 0 Å². The first-order valence-corrected chi connectivity index (χ1v) is 10.1. The van der Waals surface area contributed by atoms with E-state index in [0.29, 0.717) is 35.3 Å². The Kier molecular flexibility index (Phi) is 7.50. The number of carbonyl (C=O) groups is 1. The number of nitrogens with zero attached hydrogens (tertiary/aromatic N) is 2. The number of benzene rings is 2. The standard InChI is InChI=1S/C23H22Cl2N2O2/c1-17(29-22-11-10-19(24)15-21(22)25)23(28)27(16-18-7-3-2-4-8-18)14-12-20-9-5-6-13-26-20/h2-11,13,15,17H,12,14,16H2,1H3. The summed E-state index contributed by atoms with van der Waals surface area (Å²) in [6, 6.07) is 20.6. The summed E-state index contributed by atoms with van der Waals surface area (Å²) >= 11 is 12.1. The maximum Gasteiger partial charge on any atom is 0.263 e. The number of rotatable bonds is 8. The molecule has 0 spiro atoms. The van der Waals surface area contributed by atoms with Crippen molar-refractivity contribution in [1.82, 2.24) is 9.88 Å². The molecule has 0 saturated heterocycles. The van der Waals surface area contributed by atoms with Gasteiger partial charge in [0.15, 0.2) is 6.10 Å². The van der Waals surface area contributed by atoms with E-state index in [1.54, 1.807) is 36.2 Å². The van der Waals surface area contributed by atoms with E-state index in [-0.39, 0.29) is 5.91 Å². The molecule has 3 aromatic rings. The normalized spacial score (nSPS) is 11.7. The number of aromatic nitrogens is 1. The van der Waals surface area contributed by atoms with Crippen LogP contribution in [-0.2, 0) is 17.8 Å². The van der Waals surface area contributed by atoms with Crippen LogP contribution in [0.5, 0.6) is 5.75 Å². The van der Waals surface area contributed by atoms with Gasteiger partial charge in [-0.2, -0.15) is 0 Å². The van der Waals surface area contributed by atoms with Crippen LogP contribution < -0.4 is 4.74 Å². The fourth-order valence-corrected chi connectivity index (χ4v) is 3.39. The second kappa shape index (κ2) is 10.3. The predicted molar refractivity (Wildman–Crippen MR) is 116 cm³/mol. The first kappa shape index (κ1) is 21.2. The lowest BCUT2D eigenvalue weighted by Gasteiger charge is -2.26. The number of hydrogen-bond donors (Lipinski definition) is 0. The van der Waals surface area contributed by atoms with Crippen molar-refractivity contribution in [2.75, 3.05) is 6.54 Å². The van der Waals surface area contributed by atoms with Gasteiger partial charge in [-0.1, -0.05) is 59.6 Å². The Bertz CT molecular complexity index is 936. The van der Waals surface area contributed by atoms with Gasteiger partial charge in [-0.3, -0.25) is 9.78 Å². The molecule has 3 rings (SSSR count). The molecule has 0 aliphatic rings. The second-order valence-corrected chi connectivity index (χ2v) is 7.49. The molecule has 6 heteroatoms. The van der Waals surface area contributed by atoms with Gasteiger partial charge in [0, 0.05) is 36.4 Å². The van der Waals surface area contributed by atoms with E-state index in [1.807, 2.05) is 48.5 Å². The van der Waals surface area contributed by atoms with Crippen molar-refractivity contribution in [3.05, 3.63) is 94.2 Å². The van der Waals surface area contributed by atoms with Crippen LogP contribution in [0.15, 0.2) is 72.9 Å². The van der Waals surface area contributed by atoms with Crippen LogP contribution in [0.3, 0.4) is 0 Å². The molecule has 0 radical (unpaired) electrons. The van der Waals surface area contributed by atoms with Crippen LogP contribution in [0.25, 0.3) is 0 Å². The Morgan fingerprint density at radius 1 is 1.07 bits per heavy atom. The fraction of sp³-hybridized carbons (Fsp3) is 0.217. The highest BCUT2D eigenvalue weighted by atomic mass is 35.5. The Labute approximate surface area is 181 Å². The van der Waals surface area contributed by atoms with Gasteiger partial charge in [-0.15, -0.1) is 0 Å². The van der Waals surface area contributed by atoms with Crippen molar-refractivity contribution >= 4 is 29.1 Å². The molecule has 0 saturated carbocycles. The third-order valence-corrected chi connectivity index (χ3v) is 4.97. The zero-order chi connectivity index (χ0) is 20.6. The van der Waals surface area contributed by atoms with Gasteiger partial charge < -0.3 is 9.64 Å². The van der Waals surface area contributed by atoms with E-state index < -0.39 is 6.10 Å². The highest BCUT2D eigenvalue weighted by Gasteiger charge is 2.23. The second-order valence-electron chi connectivity index (χ2n) is 6.65. The monoisotopic (exact) mass is 428 g/mol. The Hall–Kier alpha value is -2.56. The molecule has 4 nitrogen and oxygen atoms in total. The van der Waals surface area contributed by atoms with Crippen LogP contribution in [0.2, 0.25) is 10.0 Å². The summed E-state index contributed by atoms with van der Waals surface area (Å²) in [5.74, 6) is 0.317. The third-order valence-electron chi connectivity index (χ3n) is 4.44. The topological polar surface area (TPSA) is 42.4 Å². The molecule has 1 heterocycles. The van der Waals surface area contributed by atoms with Gasteiger partial charge in [0.05, 0.1) is 5.02 Å². The summed E-state index contributed by atoms with van der Waals surface area (Å²) in [7, 11) is 0. The highest BCUT2D eigenvalue weighted by molar-refractivity contribution is 6.35. The van der Waals surface area contributed by atoms with Crippen LogP contribution >= 0.6 is 23.2 Å². The van der Waals surface area contributed by atoms with Crippen LogP contribution in [0, 0.1) is 0 Å². The van der Waals surface area contributed by atoms with Gasteiger partial charge in [0.25, 0.3) is 5.91 Å². The van der Waals surface area contributed by atoms with Gasteiger partial charge in [-0.25, -0.2) is 0 Å². The van der Waals surface area contributed by atoms with E-state index in [9.17, 15) is 4.79 Å². The lowest BCUT2D eigenvalue weighted by molar-refractivity contribution is -0.138. The molecule has 0 aliphatic carbocycles. The molecule has 1 atom stereocenters. The fourth-order valence-electron chi connectivity index (χ4n) is 2.94. The largest absolute Gasteiger partial charge is 0.479 e. The Balaban J connectivity index is 1.73. The number of ether oxygens (including phenoxy) is 1. The van der Waals surface area contributed by atoms with Gasteiger partial charge in [-0.05, 0) is 42.8 Å². The molecule has 150 valence electrons. The summed E-state index contributed by atoms with van der Waals surface area (Å²) in [5, 5.41) is 0.891. The molecule has 0 fully saturated rings. The first-order valence-electron chi connectivity index (χ1n) is 9.37. The van der Waals surface area contributed by atoms with Gasteiger partial charge >= 0.3 is 0 Å². The molecular formula is C23H22Cl2N2O2. The zero-order valence-corrected chi connectivity index (χ0v) is 17.6. The average Bonchev–Trinajstić information content (AvgIpc) is 2.74. The minimum atomic E-state index is -0.693. The highest BCUT2D eigenvalue weighted by Crippen LogP contribution is 2.28. The van der Waals surface area contributed by atoms with Crippen LogP contribution in [0.1, 0.15) is 18.2 Å². The van der Waals surface area contributed by atoms with Gasteiger partial charge in [0.2, 0.25) is 0 Å². The molecule has 29 heavy (non-hydrogen) atoms. The molecule has 1 unspecified atom stereocenters. The number of halogens is 2. The Morgan fingerprint density at radius 3 is 2.52 bits per heavy atom. The number of hydrogen-bond acceptors (Lipinski definition) is 3. The first-order chi connectivity index (χ1) is 14.0. The Morgan fingerprint density at radius 2 is 1.83 bits per heavy atom. The minimum Gasteiger partial charge on any atom is -0.479 e. The molecule has 0 N–H and O–H groups in total. The number of amides is 1. The predicted octanol–water partition coefficient (Wildman–Crippen LogP) is 5.43. The maximum atomic E-state index is 13.2. The van der Waals surface area contributed by atoms with Crippen LogP contribution in [-0.4, -0.2) is 28.4 Å². The summed E-state index contributed by atoms with van der Waals surface area (Å²) in [4.78, 5) is 19.3. The average molecular weight is 429 g/mol. The van der Waals surface area contributed by atoms with Crippen molar-refractivity contribution in [3.8, 4) is 5.75 Å². The molecule has 1 aromatic heterocycles. The lowest BCUT2D eigenvalue weighted by Crippen LogP contribution is -2.41. The molecule has 0 aliphatic heterocycles. The summed E-state index contributed by atoms with van der Waals surface area (Å²) in [6.07, 6.45) is 1.72. The third kappa shape index (κ3) is 6.21. The van der Waals surface area contributed by atoms with Gasteiger partial charge in [0.1, 0.15) is 5.75 Å². The molecule has 2 aromatic carbocycles. The van der Waals surface area contributed by atoms with E-state index in [2.05, 4.69) is 4.98 Å². The van der Waals surface area contributed by atoms with E-state index in [0.717, 1.165) is 11.3 Å². The van der Waals surface area contributed by atoms with E-state index in [1.165, 1.54) is 0 Å². The number of carbonyl (C=O) groups excluding carboxylic acids is 1. The zero-order valence-electron chi connectivity index (χ0n) is 16.1. The van der Waals surface area contributed by atoms with E-state index >= 15 is 0 Å². The summed E-state index contributed by atoms with van der Waals surface area (Å²) < 4.78 is 5.84. The SMILES string of the molecule is CC(Oc1ccc(Cl)cc1Cl)C(=O)N(CCc1ccccn1)Cc1ccccc1. The smallest absolute Gasteiger partial charge is 0.263 e. The number of pyridine rings is 1. The van der Waals surface area contributed by atoms with E-state index in [4.69, 9.17) is 27.9 Å². The van der Waals surface area contributed by atoms with Crippen molar-refractivity contribution in [3.63, 3.8) is 0 Å². The molecule has 1 amide bonds. The summed E-state index contributed by atoms with van der Waals surface area (Å²) in [6.45, 7) is 2.76. The summed E-state index contributed by atoms with van der Waals surface area (Å²) in [5.41, 5.74) is 1.99. The lowest BCUT2D eigenvalue weighted by atomic mass is 10.1.